The van der Waals surface area contributed by atoms with E-state index < -0.39 is 36.9 Å². The van der Waals surface area contributed by atoms with Crippen LogP contribution in [-0.4, -0.2) is 57.3 Å². The summed E-state index contributed by atoms with van der Waals surface area (Å²) in [7, 11) is 0. The molecule has 0 aromatic heterocycles. The Kier molecular flexibility index (Phi) is 37.1. The number of carbonyl (C=O) groups excluding carboxylic acids is 1. The molecule has 0 rings (SSSR count). The number of rotatable bonds is 38. The normalized spacial score (nSPS) is 14.5. The summed E-state index contributed by atoms with van der Waals surface area (Å²) in [6.07, 6.45) is 42.3. The number of aliphatic hydroxyl groups is 4. The summed E-state index contributed by atoms with van der Waals surface area (Å²) in [5.41, 5.74) is 0. The van der Waals surface area contributed by atoms with Crippen LogP contribution in [0.4, 0.5) is 0 Å². The molecule has 49 heavy (non-hydrogen) atoms. The molecule has 0 bridgehead atoms. The van der Waals surface area contributed by atoms with Crippen LogP contribution in [0.1, 0.15) is 213 Å². The summed E-state index contributed by atoms with van der Waals surface area (Å²) in [5.74, 6) is -0.597. The topological polar surface area (TPSA) is 110 Å². The van der Waals surface area contributed by atoms with Crippen LogP contribution in [0.5, 0.6) is 0 Å². The fourth-order valence-electron chi connectivity index (χ4n) is 6.49. The van der Waals surface area contributed by atoms with Gasteiger partial charge in [0.05, 0.1) is 18.8 Å². The number of amides is 1. The second-order valence-corrected chi connectivity index (χ2v) is 14.7. The molecule has 6 heteroatoms. The van der Waals surface area contributed by atoms with Gasteiger partial charge in [-0.25, -0.2) is 0 Å². The zero-order valence-electron chi connectivity index (χ0n) is 32.4. The molecule has 0 aromatic rings. The van der Waals surface area contributed by atoms with Crippen molar-refractivity contribution < 1.29 is 25.2 Å². The van der Waals surface area contributed by atoms with Crippen LogP contribution < -0.4 is 5.32 Å². The van der Waals surface area contributed by atoms with Gasteiger partial charge in [0.15, 0.2) is 0 Å². The smallest absolute Gasteiger partial charge is 0.249 e. The highest BCUT2D eigenvalue weighted by Gasteiger charge is 2.28. The molecule has 0 saturated carbocycles. The van der Waals surface area contributed by atoms with Crippen LogP contribution in [0.15, 0.2) is 24.3 Å². The van der Waals surface area contributed by atoms with Crippen LogP contribution in [0.3, 0.4) is 0 Å². The molecule has 0 heterocycles. The van der Waals surface area contributed by atoms with Crippen molar-refractivity contribution in [3.8, 4) is 0 Å². The number of hydrogen-bond acceptors (Lipinski definition) is 5. The lowest BCUT2D eigenvalue weighted by Gasteiger charge is -2.27. The van der Waals surface area contributed by atoms with Crippen molar-refractivity contribution in [2.75, 3.05) is 6.61 Å². The monoisotopic (exact) mass is 694 g/mol. The number of hydrogen-bond donors (Lipinski definition) is 5. The molecule has 1 amide bonds. The zero-order chi connectivity index (χ0) is 36.0. The molecule has 0 aliphatic carbocycles. The Balaban J connectivity index is 3.67. The number of carbonyl (C=O) groups is 1. The summed E-state index contributed by atoms with van der Waals surface area (Å²) in [4.78, 5) is 12.5. The average molecular weight is 694 g/mol. The Morgan fingerprint density at radius 1 is 0.490 bits per heavy atom. The quantitative estimate of drug-likeness (QED) is 0.0327. The Morgan fingerprint density at radius 2 is 0.878 bits per heavy atom. The molecule has 0 radical (unpaired) electrons. The van der Waals surface area contributed by atoms with Crippen molar-refractivity contribution in [2.24, 2.45) is 0 Å². The summed E-state index contributed by atoms with van der Waals surface area (Å²) in [5, 5.41) is 43.4. The zero-order valence-corrected chi connectivity index (χ0v) is 32.4. The standard InChI is InChI=1S/C43H83NO5/c1-3-5-7-9-11-13-15-16-17-18-19-20-21-22-23-24-25-26-27-29-31-33-35-37-41(47)43(49)44-39(38-45)42(48)40(46)36-34-32-30-28-14-12-10-8-6-4-2/h8,10,28,30,39-42,45-48H,3-7,9,11-27,29,31-38H2,1-2H3,(H,44,49)/b10-8+,30-28+. The third-order valence-corrected chi connectivity index (χ3v) is 9.87. The Hall–Kier alpha value is -1.21. The summed E-state index contributed by atoms with van der Waals surface area (Å²) < 4.78 is 0. The maximum Gasteiger partial charge on any atom is 0.249 e. The minimum Gasteiger partial charge on any atom is -0.394 e. The molecular weight excluding hydrogens is 610 g/mol. The van der Waals surface area contributed by atoms with E-state index in [1.807, 2.05) is 0 Å². The molecule has 0 spiro atoms. The maximum atomic E-state index is 12.5. The second-order valence-electron chi connectivity index (χ2n) is 14.7. The Bertz CT molecular complexity index is 742. The van der Waals surface area contributed by atoms with E-state index in [0.717, 1.165) is 44.9 Å². The largest absolute Gasteiger partial charge is 0.394 e. The molecule has 0 saturated heterocycles. The van der Waals surface area contributed by atoms with Gasteiger partial charge in [0, 0.05) is 0 Å². The summed E-state index contributed by atoms with van der Waals surface area (Å²) in [6, 6.07) is -1.00. The van der Waals surface area contributed by atoms with Crippen molar-refractivity contribution in [3.63, 3.8) is 0 Å². The minimum absolute atomic E-state index is 0.364. The van der Waals surface area contributed by atoms with Crippen LogP contribution in [-0.2, 0) is 4.79 Å². The van der Waals surface area contributed by atoms with Crippen LogP contribution in [0.25, 0.3) is 0 Å². The number of nitrogens with one attached hydrogen (secondary N) is 1. The maximum absolute atomic E-state index is 12.5. The molecule has 4 unspecified atom stereocenters. The van der Waals surface area contributed by atoms with Crippen LogP contribution >= 0.6 is 0 Å². The molecule has 290 valence electrons. The molecule has 6 nitrogen and oxygen atoms in total. The summed E-state index contributed by atoms with van der Waals surface area (Å²) in [6.45, 7) is 3.95. The van der Waals surface area contributed by atoms with Gasteiger partial charge in [0.2, 0.25) is 5.91 Å². The van der Waals surface area contributed by atoms with Gasteiger partial charge in [0.1, 0.15) is 12.2 Å². The average Bonchev–Trinajstić information content (AvgIpc) is 3.11. The van der Waals surface area contributed by atoms with E-state index in [-0.39, 0.29) is 0 Å². The highest BCUT2D eigenvalue weighted by molar-refractivity contribution is 5.80. The first-order chi connectivity index (χ1) is 24.0. The predicted octanol–water partition coefficient (Wildman–Crippen LogP) is 10.8. The lowest BCUT2D eigenvalue weighted by atomic mass is 10.00. The molecule has 5 N–H and O–H groups in total. The van der Waals surface area contributed by atoms with Crippen molar-refractivity contribution in [2.45, 2.75) is 237 Å². The molecule has 4 atom stereocenters. The number of aliphatic hydroxyl groups excluding tert-OH is 4. The van der Waals surface area contributed by atoms with Gasteiger partial charge in [0.25, 0.3) is 0 Å². The first-order valence-corrected chi connectivity index (χ1v) is 21.2. The van der Waals surface area contributed by atoms with Gasteiger partial charge in [-0.3, -0.25) is 4.79 Å². The van der Waals surface area contributed by atoms with Crippen molar-refractivity contribution in [1.82, 2.24) is 5.32 Å². The number of allylic oxidation sites excluding steroid dienone is 4. The highest BCUT2D eigenvalue weighted by atomic mass is 16.3. The lowest BCUT2D eigenvalue weighted by Crippen LogP contribution is -2.53. The van der Waals surface area contributed by atoms with Crippen molar-refractivity contribution in [1.29, 1.82) is 0 Å². The molecule has 0 aliphatic heterocycles. The Labute approximate surface area is 304 Å². The van der Waals surface area contributed by atoms with E-state index in [4.69, 9.17) is 0 Å². The number of unbranched alkanes of at least 4 members (excludes halogenated alkanes) is 25. The third kappa shape index (κ3) is 32.4. The first-order valence-electron chi connectivity index (χ1n) is 21.2. The van der Waals surface area contributed by atoms with E-state index in [1.54, 1.807) is 0 Å². The van der Waals surface area contributed by atoms with Gasteiger partial charge in [-0.05, 0) is 44.9 Å². The molecule has 0 aliphatic rings. The van der Waals surface area contributed by atoms with Crippen molar-refractivity contribution >= 4 is 5.91 Å². The van der Waals surface area contributed by atoms with Gasteiger partial charge in [-0.15, -0.1) is 0 Å². The van der Waals surface area contributed by atoms with Gasteiger partial charge in [-0.1, -0.05) is 192 Å². The minimum atomic E-state index is -1.28. The van der Waals surface area contributed by atoms with Crippen LogP contribution in [0, 0.1) is 0 Å². The van der Waals surface area contributed by atoms with Gasteiger partial charge in [-0.2, -0.15) is 0 Å². The lowest BCUT2D eigenvalue weighted by molar-refractivity contribution is -0.132. The van der Waals surface area contributed by atoms with Crippen molar-refractivity contribution in [3.05, 3.63) is 24.3 Å². The molecule has 0 fully saturated rings. The highest BCUT2D eigenvalue weighted by Crippen LogP contribution is 2.16. The van der Waals surface area contributed by atoms with Gasteiger partial charge >= 0.3 is 0 Å². The first kappa shape index (κ1) is 47.8. The van der Waals surface area contributed by atoms with E-state index in [1.165, 1.54) is 135 Å². The van der Waals surface area contributed by atoms with E-state index in [0.29, 0.717) is 19.3 Å². The van der Waals surface area contributed by atoms with E-state index in [9.17, 15) is 25.2 Å². The fraction of sp³-hybridized carbons (Fsp3) is 0.884. The van der Waals surface area contributed by atoms with Crippen LogP contribution in [0.2, 0.25) is 0 Å². The van der Waals surface area contributed by atoms with E-state index >= 15 is 0 Å². The Morgan fingerprint density at radius 3 is 1.29 bits per heavy atom. The fourth-order valence-corrected chi connectivity index (χ4v) is 6.49. The molecule has 0 aromatic carbocycles. The SMILES string of the molecule is CCC/C=C/CC/C=C/CCCC(O)C(O)C(CO)NC(=O)C(O)CCCCCCCCCCCCCCCCCCCCCCCCC. The molecular formula is C43H83NO5. The third-order valence-electron chi connectivity index (χ3n) is 9.87. The summed E-state index contributed by atoms with van der Waals surface area (Å²) >= 11 is 0. The van der Waals surface area contributed by atoms with Gasteiger partial charge < -0.3 is 25.7 Å². The second kappa shape index (κ2) is 38.0. The predicted molar refractivity (Wildman–Crippen MR) is 210 cm³/mol. The van der Waals surface area contributed by atoms with E-state index in [2.05, 4.69) is 43.5 Å².